The molecule has 144 valence electrons. The number of fused-ring (bicyclic) bond motifs is 1. The lowest BCUT2D eigenvalue weighted by atomic mass is 10.2. The maximum atomic E-state index is 13.0. The second-order valence-corrected chi connectivity index (χ2v) is 6.08. The molecule has 3 rings (SSSR count). The van der Waals surface area contributed by atoms with E-state index in [2.05, 4.69) is 20.0 Å². The van der Waals surface area contributed by atoms with Crippen LogP contribution in [0.2, 0.25) is 0 Å². The molecular weight excluding hydrogens is 356 g/mol. The molecule has 3 aromatic rings. The van der Waals surface area contributed by atoms with Crippen molar-refractivity contribution in [3.8, 4) is 0 Å². The van der Waals surface area contributed by atoms with Gasteiger partial charge in [0.2, 0.25) is 0 Å². The van der Waals surface area contributed by atoms with Gasteiger partial charge in [0.1, 0.15) is 0 Å². The number of para-hydroxylation sites is 2. The van der Waals surface area contributed by atoms with Gasteiger partial charge >= 0.3 is 5.97 Å². The zero-order chi connectivity index (χ0) is 20.1. The number of aromatic nitrogens is 2. The van der Waals surface area contributed by atoms with Crippen LogP contribution in [0.4, 0.5) is 11.5 Å². The van der Waals surface area contributed by atoms with Crippen LogP contribution in [0.5, 0.6) is 0 Å². The minimum atomic E-state index is -0.429. The number of nitrogens with zero attached hydrogens (tertiary/aromatic N) is 3. The first-order valence-electron chi connectivity index (χ1n) is 9.08. The van der Waals surface area contributed by atoms with Crippen molar-refractivity contribution in [2.75, 3.05) is 30.4 Å². The molecule has 0 unspecified atom stereocenters. The number of esters is 1. The molecule has 0 aliphatic rings. The number of anilines is 2. The Labute approximate surface area is 163 Å². The molecule has 7 nitrogen and oxygen atoms in total. The molecule has 0 aliphatic heterocycles. The highest BCUT2D eigenvalue weighted by molar-refractivity contribution is 6.07. The van der Waals surface area contributed by atoms with Gasteiger partial charge in [0.25, 0.3) is 5.91 Å². The van der Waals surface area contributed by atoms with E-state index in [0.29, 0.717) is 35.7 Å². The van der Waals surface area contributed by atoms with E-state index < -0.39 is 5.97 Å². The highest BCUT2D eigenvalue weighted by atomic mass is 16.5. The fraction of sp³-hybridized carbons (Fsp3) is 0.238. The van der Waals surface area contributed by atoms with Gasteiger partial charge in [0, 0.05) is 18.8 Å². The largest absolute Gasteiger partial charge is 0.465 e. The highest BCUT2D eigenvalue weighted by Crippen LogP contribution is 2.22. The summed E-state index contributed by atoms with van der Waals surface area (Å²) in [5, 5.41) is 2.83. The number of rotatable bonds is 6. The number of methoxy groups -OCH3 is 1. The first-order chi connectivity index (χ1) is 13.6. The summed E-state index contributed by atoms with van der Waals surface area (Å²) in [6.45, 7) is 5.43. The van der Waals surface area contributed by atoms with Crippen LogP contribution in [0.3, 0.4) is 0 Å². The molecule has 0 radical (unpaired) electrons. The third-order valence-corrected chi connectivity index (χ3v) is 4.39. The van der Waals surface area contributed by atoms with E-state index in [1.54, 1.807) is 24.3 Å². The van der Waals surface area contributed by atoms with Crippen molar-refractivity contribution >= 4 is 34.4 Å². The molecular formula is C21H22N4O3. The van der Waals surface area contributed by atoms with Crippen molar-refractivity contribution in [1.82, 2.24) is 9.97 Å². The summed E-state index contributed by atoms with van der Waals surface area (Å²) in [5.41, 5.74) is 2.63. The minimum Gasteiger partial charge on any atom is -0.465 e. The van der Waals surface area contributed by atoms with Crippen LogP contribution in [0.1, 0.15) is 34.7 Å². The second-order valence-electron chi connectivity index (χ2n) is 6.08. The summed E-state index contributed by atoms with van der Waals surface area (Å²) in [6, 6.07) is 14.0. The van der Waals surface area contributed by atoms with Crippen LogP contribution >= 0.6 is 0 Å². The Morgan fingerprint density at radius 3 is 2.14 bits per heavy atom. The van der Waals surface area contributed by atoms with Gasteiger partial charge in [0.05, 0.1) is 23.7 Å². The molecule has 7 heteroatoms. The standard InChI is InChI=1S/C21H22N4O3/c1-4-25(5-2)19-18(23-16-8-6-7-9-17(16)24-19)20(26)22-15-12-10-14(11-13-15)21(27)28-3/h6-13H,4-5H2,1-3H3,(H,22,26). The van der Waals surface area contributed by atoms with Gasteiger partial charge in [-0.2, -0.15) is 0 Å². The third-order valence-electron chi connectivity index (χ3n) is 4.39. The summed E-state index contributed by atoms with van der Waals surface area (Å²) >= 11 is 0. The Balaban J connectivity index is 1.95. The van der Waals surface area contributed by atoms with Crippen molar-refractivity contribution < 1.29 is 14.3 Å². The molecule has 0 aliphatic carbocycles. The van der Waals surface area contributed by atoms with E-state index in [9.17, 15) is 9.59 Å². The van der Waals surface area contributed by atoms with E-state index in [1.807, 2.05) is 43.0 Å². The Morgan fingerprint density at radius 2 is 1.57 bits per heavy atom. The lowest BCUT2D eigenvalue weighted by molar-refractivity contribution is 0.0600. The Hall–Kier alpha value is -3.48. The normalized spacial score (nSPS) is 10.5. The second kappa shape index (κ2) is 8.47. The highest BCUT2D eigenvalue weighted by Gasteiger charge is 2.20. The Morgan fingerprint density at radius 1 is 0.964 bits per heavy atom. The van der Waals surface area contributed by atoms with Crippen molar-refractivity contribution in [3.63, 3.8) is 0 Å². The van der Waals surface area contributed by atoms with Crippen LogP contribution in [0.25, 0.3) is 11.0 Å². The number of hydrogen-bond donors (Lipinski definition) is 1. The number of nitrogens with one attached hydrogen (secondary N) is 1. The number of hydrogen-bond acceptors (Lipinski definition) is 6. The molecule has 1 amide bonds. The lowest BCUT2D eigenvalue weighted by Gasteiger charge is -2.22. The van der Waals surface area contributed by atoms with Crippen molar-refractivity contribution in [2.24, 2.45) is 0 Å². The van der Waals surface area contributed by atoms with Crippen LogP contribution < -0.4 is 10.2 Å². The van der Waals surface area contributed by atoms with E-state index >= 15 is 0 Å². The molecule has 0 saturated heterocycles. The molecule has 28 heavy (non-hydrogen) atoms. The average Bonchev–Trinajstić information content (AvgIpc) is 2.74. The quantitative estimate of drug-likeness (QED) is 0.661. The predicted molar refractivity (Wildman–Crippen MR) is 109 cm³/mol. The van der Waals surface area contributed by atoms with Crippen LogP contribution in [0.15, 0.2) is 48.5 Å². The van der Waals surface area contributed by atoms with Gasteiger partial charge in [-0.15, -0.1) is 0 Å². The maximum Gasteiger partial charge on any atom is 0.337 e. The maximum absolute atomic E-state index is 13.0. The number of carbonyl (C=O) groups is 2. The molecule has 1 aromatic heterocycles. The molecule has 0 spiro atoms. The Bertz CT molecular complexity index is 998. The van der Waals surface area contributed by atoms with Gasteiger partial charge in [-0.1, -0.05) is 12.1 Å². The fourth-order valence-electron chi connectivity index (χ4n) is 2.88. The van der Waals surface area contributed by atoms with Gasteiger partial charge in [0.15, 0.2) is 11.5 Å². The first-order valence-corrected chi connectivity index (χ1v) is 9.08. The van der Waals surface area contributed by atoms with Crippen molar-refractivity contribution in [2.45, 2.75) is 13.8 Å². The third kappa shape index (κ3) is 3.93. The summed E-state index contributed by atoms with van der Waals surface area (Å²) in [7, 11) is 1.32. The van der Waals surface area contributed by atoms with Crippen molar-refractivity contribution in [3.05, 3.63) is 59.8 Å². The molecule has 0 fully saturated rings. The monoisotopic (exact) mass is 378 g/mol. The topological polar surface area (TPSA) is 84.4 Å². The molecule has 0 atom stereocenters. The summed E-state index contributed by atoms with van der Waals surface area (Å²) in [5.74, 6) is -0.236. The number of carbonyl (C=O) groups excluding carboxylic acids is 2. The van der Waals surface area contributed by atoms with E-state index in [0.717, 1.165) is 5.52 Å². The number of benzene rings is 2. The molecule has 1 N–H and O–H groups in total. The van der Waals surface area contributed by atoms with Crippen molar-refractivity contribution in [1.29, 1.82) is 0 Å². The smallest absolute Gasteiger partial charge is 0.337 e. The average molecular weight is 378 g/mol. The zero-order valence-corrected chi connectivity index (χ0v) is 16.1. The van der Waals surface area contributed by atoms with Gasteiger partial charge in [-0.05, 0) is 50.2 Å². The predicted octanol–water partition coefficient (Wildman–Crippen LogP) is 3.51. The van der Waals surface area contributed by atoms with Crippen LogP contribution in [-0.2, 0) is 4.74 Å². The molecule has 0 bridgehead atoms. The molecule has 2 aromatic carbocycles. The zero-order valence-electron chi connectivity index (χ0n) is 16.1. The van der Waals surface area contributed by atoms with Crippen LogP contribution in [-0.4, -0.2) is 42.0 Å². The van der Waals surface area contributed by atoms with E-state index in [1.165, 1.54) is 7.11 Å². The van der Waals surface area contributed by atoms with E-state index in [4.69, 9.17) is 0 Å². The van der Waals surface area contributed by atoms with Gasteiger partial charge < -0.3 is 15.0 Å². The van der Waals surface area contributed by atoms with Gasteiger partial charge in [-0.25, -0.2) is 14.8 Å². The summed E-state index contributed by atoms with van der Waals surface area (Å²) in [6.07, 6.45) is 0. The lowest BCUT2D eigenvalue weighted by Crippen LogP contribution is -2.27. The fourth-order valence-corrected chi connectivity index (χ4v) is 2.88. The first kappa shape index (κ1) is 19.3. The Kier molecular flexibility index (Phi) is 5.84. The molecule has 0 saturated carbocycles. The number of ether oxygens (including phenoxy) is 1. The van der Waals surface area contributed by atoms with Crippen LogP contribution in [0, 0.1) is 0 Å². The number of amides is 1. The van der Waals surface area contributed by atoms with E-state index in [-0.39, 0.29) is 11.6 Å². The van der Waals surface area contributed by atoms with Gasteiger partial charge in [-0.3, -0.25) is 4.79 Å². The summed E-state index contributed by atoms with van der Waals surface area (Å²) < 4.78 is 4.68. The molecule has 1 heterocycles. The SMILES string of the molecule is CCN(CC)c1nc2ccccc2nc1C(=O)Nc1ccc(C(=O)OC)cc1. The summed E-state index contributed by atoms with van der Waals surface area (Å²) in [4.78, 5) is 35.7. The minimum absolute atomic E-state index is 0.263.